The molecule has 0 heterocycles. The van der Waals surface area contributed by atoms with Crippen molar-refractivity contribution in [3.05, 3.63) is 47.5 Å². The van der Waals surface area contributed by atoms with Crippen molar-refractivity contribution in [2.24, 2.45) is 0 Å². The van der Waals surface area contributed by atoms with Crippen LogP contribution in [0.15, 0.2) is 42.0 Å². The third-order valence-corrected chi connectivity index (χ3v) is 2.73. The third kappa shape index (κ3) is 1.97. The van der Waals surface area contributed by atoms with Gasteiger partial charge in [-0.3, -0.25) is 0 Å². The van der Waals surface area contributed by atoms with Gasteiger partial charge in [0.1, 0.15) is 29.5 Å². The average Bonchev–Trinajstić information content (AvgIpc) is 2.59. The smallest absolute Gasteiger partial charge is 0.148 e. The summed E-state index contributed by atoms with van der Waals surface area (Å²) in [7, 11) is 0. The highest BCUT2D eigenvalue weighted by molar-refractivity contribution is 5.96. The molecule has 2 aliphatic carbocycles. The molecule has 0 fully saturated rings. The predicted octanol–water partition coefficient (Wildman–Crippen LogP) is 2.82. The van der Waals surface area contributed by atoms with Crippen molar-refractivity contribution in [3.8, 4) is 35.1 Å². The molecule has 0 amide bonds. The molecule has 2 rings (SSSR count). The van der Waals surface area contributed by atoms with Crippen LogP contribution in [-0.4, -0.2) is 5.11 Å². The van der Waals surface area contributed by atoms with Gasteiger partial charge in [-0.05, 0) is 17.2 Å². The Morgan fingerprint density at radius 1 is 0.947 bits per heavy atom. The van der Waals surface area contributed by atoms with Crippen LogP contribution in [-0.2, 0) is 0 Å². The van der Waals surface area contributed by atoms with Crippen LogP contribution >= 0.6 is 0 Å². The summed E-state index contributed by atoms with van der Waals surface area (Å²) in [5.41, 5.74) is 1.18. The van der Waals surface area contributed by atoms with E-state index < -0.39 is 0 Å². The summed E-state index contributed by atoms with van der Waals surface area (Å²) in [5, 5.41) is 36.9. The Kier molecular flexibility index (Phi) is 3.15. The van der Waals surface area contributed by atoms with Crippen molar-refractivity contribution in [2.45, 2.75) is 0 Å². The summed E-state index contributed by atoms with van der Waals surface area (Å²) < 4.78 is 0. The minimum absolute atomic E-state index is 0.108. The van der Waals surface area contributed by atoms with E-state index in [2.05, 4.69) is 0 Å². The van der Waals surface area contributed by atoms with Crippen LogP contribution in [0.1, 0.15) is 5.56 Å². The molecule has 2 aliphatic rings. The number of rotatable bonds is 1. The molecule has 0 unspecified atom stereocenters. The number of allylic oxidation sites excluding steroid dienone is 2. The molecule has 0 atom stereocenters. The molecule has 0 aromatic rings. The maximum Gasteiger partial charge on any atom is 0.148 e. The van der Waals surface area contributed by atoms with Gasteiger partial charge in [0, 0.05) is 5.56 Å². The first-order valence-electron chi connectivity index (χ1n) is 5.38. The Balaban J connectivity index is 2.85. The number of aromatic hydroxyl groups is 1. The SMILES string of the molecule is N#CC(C#N)=C(C#N)c1c(O)cc2cccccc1-2. The maximum absolute atomic E-state index is 9.95. The van der Waals surface area contributed by atoms with Gasteiger partial charge in [0.2, 0.25) is 0 Å². The first-order valence-corrected chi connectivity index (χ1v) is 5.38. The maximum atomic E-state index is 9.95. The van der Waals surface area contributed by atoms with Crippen molar-refractivity contribution in [1.82, 2.24) is 0 Å². The number of fused-ring (bicyclic) bond motifs is 1. The Morgan fingerprint density at radius 3 is 2.26 bits per heavy atom. The second-order valence-electron chi connectivity index (χ2n) is 3.77. The van der Waals surface area contributed by atoms with Crippen molar-refractivity contribution in [3.63, 3.8) is 0 Å². The van der Waals surface area contributed by atoms with Gasteiger partial charge >= 0.3 is 0 Å². The van der Waals surface area contributed by atoms with E-state index in [1.165, 1.54) is 6.07 Å². The molecule has 0 aromatic carbocycles. The van der Waals surface area contributed by atoms with E-state index in [-0.39, 0.29) is 22.5 Å². The Morgan fingerprint density at radius 2 is 1.63 bits per heavy atom. The quantitative estimate of drug-likeness (QED) is 0.782. The lowest BCUT2D eigenvalue weighted by Gasteiger charge is -2.00. The molecule has 4 nitrogen and oxygen atoms in total. The van der Waals surface area contributed by atoms with Crippen LogP contribution in [0.4, 0.5) is 0 Å². The minimum atomic E-state index is -0.309. The summed E-state index contributed by atoms with van der Waals surface area (Å²) in [6.07, 6.45) is 0. The molecule has 0 saturated heterocycles. The largest absolute Gasteiger partial charge is 0.507 e. The lowest BCUT2D eigenvalue weighted by molar-refractivity contribution is 0.476. The van der Waals surface area contributed by atoms with Crippen LogP contribution in [0.3, 0.4) is 0 Å². The topological polar surface area (TPSA) is 91.6 Å². The molecule has 0 aromatic heterocycles. The molecular weight excluding hydrogens is 238 g/mol. The molecule has 0 spiro atoms. The van der Waals surface area contributed by atoms with Gasteiger partial charge in [-0.2, -0.15) is 15.8 Å². The van der Waals surface area contributed by atoms with Gasteiger partial charge in [-0.15, -0.1) is 0 Å². The molecule has 88 valence electrons. The lowest BCUT2D eigenvalue weighted by Crippen LogP contribution is -1.87. The van der Waals surface area contributed by atoms with E-state index in [1.54, 1.807) is 36.4 Å². The highest BCUT2D eigenvalue weighted by atomic mass is 16.3. The van der Waals surface area contributed by atoms with Crippen LogP contribution < -0.4 is 0 Å². The average molecular weight is 245 g/mol. The number of nitrogens with zero attached hydrogens (tertiary/aromatic N) is 3. The van der Waals surface area contributed by atoms with Crippen molar-refractivity contribution >= 4 is 5.57 Å². The zero-order valence-electron chi connectivity index (χ0n) is 9.75. The third-order valence-electron chi connectivity index (χ3n) is 2.73. The van der Waals surface area contributed by atoms with Gasteiger partial charge in [-0.1, -0.05) is 30.3 Å². The fourth-order valence-corrected chi connectivity index (χ4v) is 1.91. The summed E-state index contributed by atoms with van der Waals surface area (Å²) in [6.45, 7) is 0. The molecule has 0 bridgehead atoms. The van der Waals surface area contributed by atoms with Crippen LogP contribution in [0.25, 0.3) is 16.7 Å². The van der Waals surface area contributed by atoms with Gasteiger partial charge in [0.25, 0.3) is 0 Å². The number of nitriles is 3. The van der Waals surface area contributed by atoms with Crippen LogP contribution in [0.2, 0.25) is 0 Å². The molecular formula is C15H7N3O. The zero-order valence-corrected chi connectivity index (χ0v) is 9.75. The summed E-state index contributed by atoms with van der Waals surface area (Å²) in [6, 6.07) is 15.6. The van der Waals surface area contributed by atoms with Crippen molar-refractivity contribution in [2.75, 3.05) is 0 Å². The van der Waals surface area contributed by atoms with Crippen LogP contribution in [0, 0.1) is 34.0 Å². The summed E-state index contributed by atoms with van der Waals surface area (Å²) in [4.78, 5) is 0. The van der Waals surface area contributed by atoms with E-state index in [0.717, 1.165) is 5.56 Å². The van der Waals surface area contributed by atoms with E-state index in [4.69, 9.17) is 15.8 Å². The fraction of sp³-hybridized carbons (Fsp3) is 0. The molecule has 0 aliphatic heterocycles. The van der Waals surface area contributed by atoms with E-state index in [0.29, 0.717) is 5.56 Å². The first-order chi connectivity index (χ1) is 9.22. The normalized spacial score (nSPS) is 9.11. The monoisotopic (exact) mass is 245 g/mol. The molecule has 0 radical (unpaired) electrons. The Labute approximate surface area is 110 Å². The van der Waals surface area contributed by atoms with Gasteiger partial charge in [0.05, 0.1) is 5.57 Å². The summed E-state index contributed by atoms with van der Waals surface area (Å²) >= 11 is 0. The highest BCUT2D eigenvalue weighted by Crippen LogP contribution is 2.40. The highest BCUT2D eigenvalue weighted by Gasteiger charge is 2.21. The molecule has 1 N–H and O–H groups in total. The Bertz CT molecular complexity index is 753. The second-order valence-corrected chi connectivity index (χ2v) is 3.77. The first kappa shape index (κ1) is 12.2. The Hall–Kier alpha value is -3.29. The molecule has 4 heteroatoms. The number of hydrogen-bond acceptors (Lipinski definition) is 4. The fourth-order valence-electron chi connectivity index (χ4n) is 1.91. The summed E-state index contributed by atoms with van der Waals surface area (Å²) in [5.74, 6) is -0.110. The van der Waals surface area contributed by atoms with Crippen molar-refractivity contribution < 1.29 is 5.11 Å². The van der Waals surface area contributed by atoms with Gasteiger partial charge < -0.3 is 5.11 Å². The number of hydrogen-bond donors (Lipinski definition) is 1. The van der Waals surface area contributed by atoms with Crippen LogP contribution in [0.5, 0.6) is 5.75 Å². The second kappa shape index (κ2) is 4.92. The van der Waals surface area contributed by atoms with Gasteiger partial charge in [-0.25, -0.2) is 0 Å². The predicted molar refractivity (Wildman–Crippen MR) is 68.5 cm³/mol. The lowest BCUT2D eigenvalue weighted by atomic mass is 9.99. The molecule has 19 heavy (non-hydrogen) atoms. The standard InChI is InChI=1S/C15H7N3O/c16-7-11(8-17)13(9-18)15-12-5-3-1-2-4-10(12)6-14(15)19/h1-6,19H. The molecule has 0 saturated carbocycles. The van der Waals surface area contributed by atoms with Crippen molar-refractivity contribution in [1.29, 1.82) is 15.8 Å². The van der Waals surface area contributed by atoms with E-state index in [9.17, 15) is 5.11 Å². The van der Waals surface area contributed by atoms with Gasteiger partial charge in [0.15, 0.2) is 0 Å². The minimum Gasteiger partial charge on any atom is -0.507 e. The zero-order chi connectivity index (χ0) is 13.8. The van der Waals surface area contributed by atoms with E-state index in [1.807, 2.05) is 12.1 Å². The van der Waals surface area contributed by atoms with E-state index >= 15 is 0 Å².